The average molecular weight is 439 g/mol. The van der Waals surface area contributed by atoms with Gasteiger partial charge in [0.1, 0.15) is 5.75 Å². The van der Waals surface area contributed by atoms with E-state index < -0.39 is 5.91 Å². The van der Waals surface area contributed by atoms with Crippen LogP contribution in [0, 0.1) is 0 Å². The van der Waals surface area contributed by atoms with Crippen molar-refractivity contribution in [2.45, 2.75) is 6.92 Å². The quantitative estimate of drug-likeness (QED) is 0.524. The molecule has 1 aliphatic heterocycles. The summed E-state index contributed by atoms with van der Waals surface area (Å²) in [6.45, 7) is 1.87. The Morgan fingerprint density at radius 2 is 1.81 bits per heavy atom. The normalized spacial score (nSPS) is 16.1. The smallest absolute Gasteiger partial charge is 0.338 e. The number of nitrogens with two attached hydrogens (primary N) is 1. The monoisotopic (exact) mass is 439 g/mol. The molecule has 1 fully saturated rings. The fourth-order valence-electron chi connectivity index (χ4n) is 2.61. The van der Waals surface area contributed by atoms with Crippen LogP contribution in [0.25, 0.3) is 6.08 Å². The maximum atomic E-state index is 12.6. The van der Waals surface area contributed by atoms with Crippen molar-refractivity contribution in [1.29, 1.82) is 0 Å². The number of rotatable bonds is 7. The van der Waals surface area contributed by atoms with Crippen LogP contribution < -0.4 is 10.5 Å². The van der Waals surface area contributed by atoms with Crippen LogP contribution >= 0.6 is 11.8 Å². The van der Waals surface area contributed by atoms with Gasteiger partial charge in [-0.15, -0.1) is 0 Å². The number of hydrogen-bond acceptors (Lipinski definition) is 7. The highest BCUT2D eigenvalue weighted by Crippen LogP contribution is 2.33. The number of carbonyl (C=O) groups is 3. The molecule has 1 saturated heterocycles. The predicted molar refractivity (Wildman–Crippen MR) is 119 cm³/mol. The summed E-state index contributed by atoms with van der Waals surface area (Å²) >= 11 is 1.26. The molecule has 2 amide bonds. The van der Waals surface area contributed by atoms with Gasteiger partial charge in [0.2, 0.25) is 0 Å². The van der Waals surface area contributed by atoms with E-state index in [1.807, 2.05) is 0 Å². The standard InChI is InChI=1S/C22H21N3O5S/c1-3-29-21(28)15-6-8-16(9-7-15)24-22-25(2)20(27)18(31-22)12-14-4-10-17(11-5-14)30-13-19(23)26/h4-12H,3,13H2,1-2H3,(H2,23,26)/b18-12-,24-22?. The van der Waals surface area contributed by atoms with Crippen LogP contribution in [0.4, 0.5) is 5.69 Å². The molecule has 0 saturated carbocycles. The van der Waals surface area contributed by atoms with Crippen molar-refractivity contribution in [3.05, 3.63) is 64.6 Å². The van der Waals surface area contributed by atoms with Gasteiger partial charge in [0.25, 0.3) is 11.8 Å². The maximum Gasteiger partial charge on any atom is 0.338 e. The minimum atomic E-state index is -0.551. The van der Waals surface area contributed by atoms with Gasteiger partial charge in [-0.25, -0.2) is 9.79 Å². The number of nitrogens with zero attached hydrogens (tertiary/aromatic N) is 2. The summed E-state index contributed by atoms with van der Waals surface area (Å²) in [5, 5.41) is 0.529. The number of ether oxygens (including phenoxy) is 2. The van der Waals surface area contributed by atoms with E-state index in [9.17, 15) is 14.4 Å². The Balaban J connectivity index is 1.72. The van der Waals surface area contributed by atoms with E-state index in [1.165, 1.54) is 16.7 Å². The minimum absolute atomic E-state index is 0.166. The Bertz CT molecular complexity index is 1050. The molecule has 2 aromatic carbocycles. The molecule has 0 bridgehead atoms. The van der Waals surface area contributed by atoms with Crippen LogP contribution in [-0.4, -0.2) is 48.1 Å². The van der Waals surface area contributed by atoms with Gasteiger partial charge >= 0.3 is 5.97 Å². The van der Waals surface area contributed by atoms with Crippen LogP contribution in [0.2, 0.25) is 0 Å². The van der Waals surface area contributed by atoms with Gasteiger partial charge in [-0.05, 0) is 66.7 Å². The first kappa shape index (κ1) is 22.1. The second-order valence-electron chi connectivity index (χ2n) is 6.46. The second kappa shape index (κ2) is 9.94. The highest BCUT2D eigenvalue weighted by Gasteiger charge is 2.30. The van der Waals surface area contributed by atoms with E-state index in [4.69, 9.17) is 15.2 Å². The molecule has 2 N–H and O–H groups in total. The lowest BCUT2D eigenvalue weighted by molar-refractivity contribution is -0.121. The lowest BCUT2D eigenvalue weighted by Crippen LogP contribution is -2.23. The van der Waals surface area contributed by atoms with Gasteiger partial charge in [-0.3, -0.25) is 14.5 Å². The SMILES string of the molecule is CCOC(=O)c1ccc(N=C2S/C(=C\c3ccc(OCC(N)=O)cc3)C(=O)N2C)cc1. The Morgan fingerprint density at radius 3 is 2.42 bits per heavy atom. The number of likely N-dealkylation sites (N-methyl/N-ethyl adjacent to an activating group) is 1. The molecule has 8 nitrogen and oxygen atoms in total. The van der Waals surface area contributed by atoms with Crippen molar-refractivity contribution in [3.8, 4) is 5.75 Å². The predicted octanol–water partition coefficient (Wildman–Crippen LogP) is 2.96. The third-order valence-electron chi connectivity index (χ3n) is 4.17. The van der Waals surface area contributed by atoms with Crippen LogP contribution in [0.15, 0.2) is 58.4 Å². The first-order valence-corrected chi connectivity index (χ1v) is 10.2. The van der Waals surface area contributed by atoms with Crippen LogP contribution in [0.5, 0.6) is 5.75 Å². The molecule has 0 atom stereocenters. The molecule has 0 aliphatic carbocycles. The maximum absolute atomic E-state index is 12.6. The van der Waals surface area contributed by atoms with Crippen molar-refractivity contribution >= 4 is 46.5 Å². The Hall–Kier alpha value is -3.59. The number of carbonyl (C=O) groups excluding carboxylic acids is 3. The fourth-order valence-corrected chi connectivity index (χ4v) is 3.60. The Kier molecular flexibility index (Phi) is 7.09. The summed E-state index contributed by atoms with van der Waals surface area (Å²) in [5.74, 6) is -0.594. The molecule has 0 radical (unpaired) electrons. The molecule has 2 aromatic rings. The molecular formula is C22H21N3O5S. The van der Waals surface area contributed by atoms with E-state index in [-0.39, 0.29) is 18.5 Å². The third kappa shape index (κ3) is 5.73. The minimum Gasteiger partial charge on any atom is -0.484 e. The first-order chi connectivity index (χ1) is 14.9. The summed E-state index contributed by atoms with van der Waals surface area (Å²) in [5.41, 5.74) is 6.92. The van der Waals surface area contributed by atoms with Gasteiger partial charge < -0.3 is 15.2 Å². The lowest BCUT2D eigenvalue weighted by Gasteiger charge is -2.07. The molecule has 31 heavy (non-hydrogen) atoms. The van der Waals surface area contributed by atoms with E-state index in [0.717, 1.165) is 5.56 Å². The highest BCUT2D eigenvalue weighted by molar-refractivity contribution is 8.18. The largest absolute Gasteiger partial charge is 0.484 e. The number of thioether (sulfide) groups is 1. The van der Waals surface area contributed by atoms with Gasteiger partial charge in [0.05, 0.1) is 22.8 Å². The van der Waals surface area contributed by atoms with Crippen molar-refractivity contribution in [2.24, 2.45) is 10.7 Å². The van der Waals surface area contributed by atoms with Crippen LogP contribution in [0.1, 0.15) is 22.8 Å². The zero-order valence-corrected chi connectivity index (χ0v) is 17.8. The topological polar surface area (TPSA) is 111 Å². The number of hydrogen-bond donors (Lipinski definition) is 1. The van der Waals surface area contributed by atoms with E-state index in [2.05, 4.69) is 4.99 Å². The van der Waals surface area contributed by atoms with Crippen LogP contribution in [0.3, 0.4) is 0 Å². The molecule has 0 aromatic heterocycles. The number of amides is 2. The van der Waals surface area contributed by atoms with Gasteiger partial charge in [0, 0.05) is 7.05 Å². The summed E-state index contributed by atoms with van der Waals surface area (Å²) in [6.07, 6.45) is 1.76. The zero-order valence-electron chi connectivity index (χ0n) is 17.0. The van der Waals surface area contributed by atoms with Crippen LogP contribution in [-0.2, 0) is 14.3 Å². The summed E-state index contributed by atoms with van der Waals surface area (Å²) in [7, 11) is 1.66. The van der Waals surface area contributed by atoms with E-state index >= 15 is 0 Å². The third-order valence-corrected chi connectivity index (χ3v) is 5.23. The number of esters is 1. The van der Waals surface area contributed by atoms with Crippen molar-refractivity contribution in [3.63, 3.8) is 0 Å². The first-order valence-electron chi connectivity index (χ1n) is 9.42. The van der Waals surface area contributed by atoms with Gasteiger partial charge in [-0.1, -0.05) is 12.1 Å². The highest BCUT2D eigenvalue weighted by atomic mass is 32.2. The van der Waals surface area contributed by atoms with E-state index in [0.29, 0.717) is 33.7 Å². The molecule has 9 heteroatoms. The molecule has 1 heterocycles. The summed E-state index contributed by atoms with van der Waals surface area (Å²) in [6, 6.07) is 13.6. The Morgan fingerprint density at radius 1 is 1.13 bits per heavy atom. The molecular weight excluding hydrogens is 418 g/mol. The van der Waals surface area contributed by atoms with Gasteiger partial charge in [0.15, 0.2) is 11.8 Å². The van der Waals surface area contributed by atoms with Gasteiger partial charge in [-0.2, -0.15) is 0 Å². The molecule has 0 spiro atoms. The Labute approximate surface area is 183 Å². The number of amidine groups is 1. The number of benzene rings is 2. The van der Waals surface area contributed by atoms with E-state index in [1.54, 1.807) is 68.6 Å². The second-order valence-corrected chi connectivity index (χ2v) is 7.47. The zero-order chi connectivity index (χ0) is 22.4. The van der Waals surface area contributed by atoms with Crippen molar-refractivity contribution < 1.29 is 23.9 Å². The average Bonchev–Trinajstić information content (AvgIpc) is 3.01. The fraction of sp³-hybridized carbons (Fsp3) is 0.182. The van der Waals surface area contributed by atoms with Crippen molar-refractivity contribution in [1.82, 2.24) is 4.90 Å². The molecule has 1 aliphatic rings. The number of primary amides is 1. The van der Waals surface area contributed by atoms with Crippen molar-refractivity contribution in [2.75, 3.05) is 20.3 Å². The molecule has 160 valence electrons. The molecule has 0 unspecified atom stereocenters. The lowest BCUT2D eigenvalue weighted by atomic mass is 10.2. The molecule has 3 rings (SSSR count). The number of aliphatic imine (C=N–C) groups is 1. The summed E-state index contributed by atoms with van der Waals surface area (Å²) in [4.78, 5) is 41.6. The summed E-state index contributed by atoms with van der Waals surface area (Å²) < 4.78 is 10.2.